The Labute approximate surface area is 125 Å². The summed E-state index contributed by atoms with van der Waals surface area (Å²) >= 11 is 3.40. The number of rotatable bonds is 2. The summed E-state index contributed by atoms with van der Waals surface area (Å²) in [6, 6.07) is 2.25. The highest BCUT2D eigenvalue weighted by Crippen LogP contribution is 2.38. The first-order valence-corrected chi connectivity index (χ1v) is 8.29. The van der Waals surface area contributed by atoms with Gasteiger partial charge < -0.3 is 4.90 Å². The van der Waals surface area contributed by atoms with Gasteiger partial charge in [-0.2, -0.15) is 0 Å². The lowest BCUT2D eigenvalue weighted by Crippen LogP contribution is -2.20. The maximum Gasteiger partial charge on any atom is 0.193 e. The molecule has 0 saturated carbocycles. The first-order chi connectivity index (χ1) is 9.75. The van der Waals surface area contributed by atoms with Crippen molar-refractivity contribution in [3.8, 4) is 5.13 Å². The zero-order chi connectivity index (χ0) is 13.7. The van der Waals surface area contributed by atoms with Crippen LogP contribution in [0.1, 0.15) is 17.0 Å². The van der Waals surface area contributed by atoms with Gasteiger partial charge in [0.25, 0.3) is 0 Å². The Hall–Kier alpha value is -1.53. The van der Waals surface area contributed by atoms with Gasteiger partial charge in [0.2, 0.25) is 0 Å². The molecule has 0 N–H and O–H groups in total. The summed E-state index contributed by atoms with van der Waals surface area (Å²) < 4.78 is 2.23. The predicted octanol–water partition coefficient (Wildman–Crippen LogP) is 3.27. The third kappa shape index (κ3) is 1.68. The van der Waals surface area contributed by atoms with Crippen molar-refractivity contribution in [3.63, 3.8) is 0 Å². The van der Waals surface area contributed by atoms with E-state index >= 15 is 0 Å². The fourth-order valence-electron chi connectivity index (χ4n) is 2.77. The molecule has 0 bridgehead atoms. The lowest BCUT2D eigenvalue weighted by atomic mass is 10.2. The molecule has 0 aromatic carbocycles. The normalized spacial score (nSPS) is 17.4. The fourth-order valence-corrected chi connectivity index (χ4v) is 4.48. The Morgan fingerprint density at radius 3 is 3.00 bits per heavy atom. The highest BCUT2D eigenvalue weighted by Gasteiger charge is 2.29. The molecule has 4 rings (SSSR count). The second kappa shape index (κ2) is 4.49. The molecular weight excluding hydrogens is 288 g/mol. The first-order valence-electron chi connectivity index (χ1n) is 6.53. The molecule has 102 valence electrons. The third-order valence-corrected chi connectivity index (χ3v) is 5.34. The van der Waals surface area contributed by atoms with Crippen molar-refractivity contribution in [1.82, 2.24) is 14.5 Å². The van der Waals surface area contributed by atoms with E-state index in [2.05, 4.69) is 44.8 Å². The van der Waals surface area contributed by atoms with Crippen LogP contribution in [0.4, 0.5) is 0 Å². The van der Waals surface area contributed by atoms with E-state index in [1.807, 2.05) is 11.6 Å². The van der Waals surface area contributed by atoms with Crippen LogP contribution in [0.3, 0.4) is 0 Å². The average molecular weight is 302 g/mol. The standard InChI is InChI=1S/C14H14N4S2/c1-9-7-11(10(2)18(9)14-16-4-6-19-14)12-8-20-13-15-3-5-17(12)13/h4,6-8H,3,5H2,1-2H3. The summed E-state index contributed by atoms with van der Waals surface area (Å²) in [5, 5.41) is 6.40. The Bertz CT molecular complexity index is 725. The lowest BCUT2D eigenvalue weighted by Gasteiger charge is -2.16. The van der Waals surface area contributed by atoms with Gasteiger partial charge in [-0.15, -0.1) is 11.3 Å². The van der Waals surface area contributed by atoms with Gasteiger partial charge in [-0.3, -0.25) is 9.56 Å². The van der Waals surface area contributed by atoms with Crippen LogP contribution in [-0.2, 0) is 0 Å². The number of aromatic nitrogens is 2. The molecule has 2 aliphatic heterocycles. The van der Waals surface area contributed by atoms with Gasteiger partial charge in [0.05, 0.1) is 12.2 Å². The molecule has 0 atom stereocenters. The zero-order valence-electron chi connectivity index (χ0n) is 11.3. The van der Waals surface area contributed by atoms with Crippen LogP contribution >= 0.6 is 23.1 Å². The van der Waals surface area contributed by atoms with Gasteiger partial charge in [0.1, 0.15) is 0 Å². The summed E-state index contributed by atoms with van der Waals surface area (Å²) in [4.78, 5) is 11.3. The van der Waals surface area contributed by atoms with Crippen LogP contribution in [0.25, 0.3) is 10.8 Å². The Morgan fingerprint density at radius 1 is 1.30 bits per heavy atom. The van der Waals surface area contributed by atoms with E-state index in [4.69, 9.17) is 0 Å². The molecule has 20 heavy (non-hydrogen) atoms. The van der Waals surface area contributed by atoms with Crippen molar-refractivity contribution >= 4 is 34.0 Å². The fraction of sp³-hybridized carbons (Fsp3) is 0.286. The molecule has 0 amide bonds. The summed E-state index contributed by atoms with van der Waals surface area (Å²) in [5.41, 5.74) is 5.04. The van der Waals surface area contributed by atoms with Crippen LogP contribution in [-0.4, -0.2) is 32.7 Å². The van der Waals surface area contributed by atoms with Gasteiger partial charge in [-0.1, -0.05) is 11.8 Å². The van der Waals surface area contributed by atoms with E-state index in [-0.39, 0.29) is 0 Å². The molecule has 0 saturated heterocycles. The number of thioether (sulfide) groups is 1. The molecule has 0 spiro atoms. The SMILES string of the molecule is Cc1cc(C2=CSC3=NCCN23)c(C)n1-c1nccs1. The molecule has 4 nitrogen and oxygen atoms in total. The minimum atomic E-state index is 0.908. The van der Waals surface area contributed by atoms with E-state index in [0.29, 0.717) is 0 Å². The molecule has 0 unspecified atom stereocenters. The molecule has 2 aromatic heterocycles. The molecule has 0 fully saturated rings. The maximum atomic E-state index is 4.52. The second-order valence-corrected chi connectivity index (χ2v) is 6.58. The Morgan fingerprint density at radius 2 is 2.20 bits per heavy atom. The number of amidine groups is 1. The summed E-state index contributed by atoms with van der Waals surface area (Å²) in [7, 11) is 0. The van der Waals surface area contributed by atoms with Crippen LogP contribution in [0.15, 0.2) is 28.0 Å². The van der Waals surface area contributed by atoms with Crippen LogP contribution in [0.5, 0.6) is 0 Å². The van der Waals surface area contributed by atoms with Crippen molar-refractivity contribution in [3.05, 3.63) is 40.0 Å². The summed E-state index contributed by atoms with van der Waals surface area (Å²) in [6.07, 6.45) is 1.86. The smallest absolute Gasteiger partial charge is 0.193 e. The largest absolute Gasteiger partial charge is 0.318 e. The summed E-state index contributed by atoms with van der Waals surface area (Å²) in [5.74, 6) is 0. The van der Waals surface area contributed by atoms with Crippen molar-refractivity contribution in [2.75, 3.05) is 13.1 Å². The van der Waals surface area contributed by atoms with Gasteiger partial charge in [-0.25, -0.2) is 4.98 Å². The number of aryl methyl sites for hydroxylation is 1. The van der Waals surface area contributed by atoms with Crippen molar-refractivity contribution < 1.29 is 0 Å². The van der Waals surface area contributed by atoms with Crippen LogP contribution < -0.4 is 0 Å². The van der Waals surface area contributed by atoms with Crippen molar-refractivity contribution in [1.29, 1.82) is 0 Å². The predicted molar refractivity (Wildman–Crippen MR) is 85.5 cm³/mol. The van der Waals surface area contributed by atoms with E-state index in [1.54, 1.807) is 23.1 Å². The van der Waals surface area contributed by atoms with Gasteiger partial charge in [0, 0.05) is 40.5 Å². The highest BCUT2D eigenvalue weighted by atomic mass is 32.2. The number of thiazole rings is 1. The molecule has 0 radical (unpaired) electrons. The highest BCUT2D eigenvalue weighted by molar-refractivity contribution is 8.16. The molecule has 4 heterocycles. The third-order valence-electron chi connectivity index (χ3n) is 3.69. The molecule has 6 heteroatoms. The Kier molecular flexibility index (Phi) is 2.75. The number of hydrogen-bond acceptors (Lipinski definition) is 5. The van der Waals surface area contributed by atoms with Crippen LogP contribution in [0.2, 0.25) is 0 Å². The first kappa shape index (κ1) is 12.2. The quantitative estimate of drug-likeness (QED) is 0.853. The second-order valence-electron chi connectivity index (χ2n) is 4.87. The van der Waals surface area contributed by atoms with Crippen molar-refractivity contribution in [2.45, 2.75) is 13.8 Å². The monoisotopic (exact) mass is 302 g/mol. The zero-order valence-corrected chi connectivity index (χ0v) is 13.0. The van der Waals surface area contributed by atoms with Crippen molar-refractivity contribution in [2.24, 2.45) is 4.99 Å². The number of hydrogen-bond donors (Lipinski definition) is 0. The van der Waals surface area contributed by atoms with Crippen LogP contribution in [0, 0.1) is 13.8 Å². The minimum absolute atomic E-state index is 0.908. The van der Waals surface area contributed by atoms with Gasteiger partial charge >= 0.3 is 0 Å². The number of fused-ring (bicyclic) bond motifs is 1. The summed E-state index contributed by atoms with van der Waals surface area (Å²) in [6.45, 7) is 6.21. The van der Waals surface area contributed by atoms with E-state index in [9.17, 15) is 0 Å². The topological polar surface area (TPSA) is 33.4 Å². The lowest BCUT2D eigenvalue weighted by molar-refractivity contribution is 0.649. The van der Waals surface area contributed by atoms with E-state index in [1.165, 1.54) is 22.6 Å². The maximum absolute atomic E-state index is 4.52. The number of nitrogens with zero attached hydrogens (tertiary/aromatic N) is 4. The van der Waals surface area contributed by atoms with Gasteiger partial charge in [0.15, 0.2) is 10.3 Å². The number of aliphatic imine (C=N–C) groups is 1. The minimum Gasteiger partial charge on any atom is -0.318 e. The Balaban J connectivity index is 1.81. The van der Waals surface area contributed by atoms with E-state index < -0.39 is 0 Å². The van der Waals surface area contributed by atoms with E-state index in [0.717, 1.165) is 23.4 Å². The molecule has 0 aliphatic carbocycles. The average Bonchev–Trinajstić information content (AvgIpc) is 3.14. The van der Waals surface area contributed by atoms with Gasteiger partial charge in [-0.05, 0) is 19.9 Å². The molecule has 2 aromatic rings. The molecule has 2 aliphatic rings. The molecular formula is C14H14N4S2.